The predicted molar refractivity (Wildman–Crippen MR) is 94.3 cm³/mol. The third kappa shape index (κ3) is 3.82. The van der Waals surface area contributed by atoms with E-state index >= 15 is 0 Å². The number of nitrogens with zero attached hydrogens (tertiary/aromatic N) is 3. The van der Waals surface area contributed by atoms with Gasteiger partial charge in [0.05, 0.1) is 5.56 Å². The van der Waals surface area contributed by atoms with Crippen molar-refractivity contribution in [3.63, 3.8) is 0 Å². The van der Waals surface area contributed by atoms with E-state index in [4.69, 9.17) is 0 Å². The van der Waals surface area contributed by atoms with Crippen LogP contribution in [0.5, 0.6) is 0 Å². The van der Waals surface area contributed by atoms with Crippen molar-refractivity contribution >= 4 is 29.3 Å². The molecule has 0 aliphatic carbocycles. The molecule has 1 aliphatic rings. The second kappa shape index (κ2) is 7.46. The Morgan fingerprint density at radius 3 is 2.74 bits per heavy atom. The predicted octanol–water partition coefficient (Wildman–Crippen LogP) is 3.44. The number of hydrogen-bond acceptors (Lipinski definition) is 5. The first kappa shape index (κ1) is 15.8. The van der Waals surface area contributed by atoms with E-state index in [1.54, 1.807) is 11.8 Å². The van der Waals surface area contributed by atoms with Crippen molar-refractivity contribution in [2.24, 2.45) is 0 Å². The Bertz CT molecular complexity index is 686. The fraction of sp³-hybridized carbons (Fsp3) is 0.353. The van der Waals surface area contributed by atoms with Gasteiger partial charge in [-0.05, 0) is 37.7 Å². The first-order chi connectivity index (χ1) is 11.3. The smallest absolute Gasteiger partial charge is 0.257 e. The van der Waals surface area contributed by atoms with Gasteiger partial charge in [0.15, 0.2) is 0 Å². The Hall–Kier alpha value is -2.08. The maximum absolute atomic E-state index is 12.5. The van der Waals surface area contributed by atoms with Crippen molar-refractivity contribution in [1.29, 1.82) is 0 Å². The molecule has 2 heterocycles. The Labute approximate surface area is 140 Å². The van der Waals surface area contributed by atoms with Crippen LogP contribution in [0.15, 0.2) is 41.6 Å². The Kier molecular flexibility index (Phi) is 5.12. The van der Waals surface area contributed by atoms with Crippen LogP contribution in [0.3, 0.4) is 0 Å². The molecule has 1 aliphatic heterocycles. The van der Waals surface area contributed by atoms with E-state index in [0.717, 1.165) is 23.8 Å². The van der Waals surface area contributed by atoms with E-state index in [1.807, 2.05) is 36.6 Å². The summed E-state index contributed by atoms with van der Waals surface area (Å²) in [6.07, 6.45) is 7.13. The number of aromatic nitrogens is 2. The molecule has 1 fully saturated rings. The normalized spacial score (nSPS) is 14.6. The Balaban J connectivity index is 1.76. The van der Waals surface area contributed by atoms with Gasteiger partial charge in [0.25, 0.3) is 5.91 Å². The van der Waals surface area contributed by atoms with Crippen LogP contribution >= 0.6 is 11.8 Å². The van der Waals surface area contributed by atoms with Crippen molar-refractivity contribution in [2.75, 3.05) is 29.6 Å². The second-order valence-electron chi connectivity index (χ2n) is 5.46. The molecular formula is C17H20N4OS. The molecular weight excluding hydrogens is 308 g/mol. The topological polar surface area (TPSA) is 58.1 Å². The highest BCUT2D eigenvalue weighted by molar-refractivity contribution is 7.98. The molecule has 0 spiro atoms. The van der Waals surface area contributed by atoms with Crippen molar-refractivity contribution < 1.29 is 4.79 Å². The summed E-state index contributed by atoms with van der Waals surface area (Å²) in [5, 5.41) is 2.88. The Morgan fingerprint density at radius 1 is 1.17 bits per heavy atom. The van der Waals surface area contributed by atoms with Gasteiger partial charge in [-0.1, -0.05) is 12.1 Å². The highest BCUT2D eigenvalue weighted by atomic mass is 32.2. The molecule has 120 valence electrons. The largest absolute Gasteiger partial charge is 0.356 e. The van der Waals surface area contributed by atoms with E-state index in [9.17, 15) is 4.79 Å². The summed E-state index contributed by atoms with van der Waals surface area (Å²) in [6, 6.07) is 9.42. The average Bonchev–Trinajstić information content (AvgIpc) is 2.62. The summed E-state index contributed by atoms with van der Waals surface area (Å²) in [7, 11) is 0. The van der Waals surface area contributed by atoms with Gasteiger partial charge in [-0.2, -0.15) is 0 Å². The lowest BCUT2D eigenvalue weighted by Crippen LogP contribution is -2.30. The molecule has 23 heavy (non-hydrogen) atoms. The molecule has 6 heteroatoms. The van der Waals surface area contributed by atoms with E-state index in [-0.39, 0.29) is 5.91 Å². The quantitative estimate of drug-likeness (QED) is 0.871. The monoisotopic (exact) mass is 328 g/mol. The molecule has 1 aromatic carbocycles. The third-order valence-corrected chi connectivity index (χ3v) is 4.72. The molecule has 0 atom stereocenters. The summed E-state index contributed by atoms with van der Waals surface area (Å²) < 4.78 is 0. The molecule has 1 amide bonds. The van der Waals surface area contributed by atoms with E-state index in [2.05, 4.69) is 20.2 Å². The summed E-state index contributed by atoms with van der Waals surface area (Å²) in [5.74, 6) is 1.29. The number of carbonyl (C=O) groups excluding carboxylic acids is 1. The average molecular weight is 328 g/mol. The van der Waals surface area contributed by atoms with Gasteiger partial charge in [0, 0.05) is 24.1 Å². The van der Waals surface area contributed by atoms with Crippen LogP contribution in [0.25, 0.3) is 0 Å². The zero-order valence-electron chi connectivity index (χ0n) is 13.2. The number of benzene rings is 1. The van der Waals surface area contributed by atoms with Crippen LogP contribution < -0.4 is 10.2 Å². The van der Waals surface area contributed by atoms with Crippen molar-refractivity contribution in [2.45, 2.75) is 24.2 Å². The maximum atomic E-state index is 12.5. The van der Waals surface area contributed by atoms with E-state index in [1.165, 1.54) is 25.6 Å². The molecule has 1 saturated heterocycles. The van der Waals surface area contributed by atoms with Gasteiger partial charge in [-0.15, -0.1) is 11.8 Å². The van der Waals surface area contributed by atoms with Crippen LogP contribution in [0.4, 0.5) is 11.6 Å². The molecule has 0 radical (unpaired) electrons. The van der Waals surface area contributed by atoms with Gasteiger partial charge in [0.2, 0.25) is 0 Å². The van der Waals surface area contributed by atoms with Gasteiger partial charge < -0.3 is 10.2 Å². The number of rotatable bonds is 4. The van der Waals surface area contributed by atoms with Crippen molar-refractivity contribution in [1.82, 2.24) is 9.97 Å². The minimum atomic E-state index is -0.141. The van der Waals surface area contributed by atoms with Crippen LogP contribution in [0, 0.1) is 0 Å². The van der Waals surface area contributed by atoms with Gasteiger partial charge >= 0.3 is 0 Å². The van der Waals surface area contributed by atoms with Gasteiger partial charge in [0.1, 0.15) is 18.0 Å². The number of thioether (sulfide) groups is 1. The summed E-state index contributed by atoms with van der Waals surface area (Å²) >= 11 is 1.56. The van der Waals surface area contributed by atoms with Crippen LogP contribution in [-0.4, -0.2) is 35.2 Å². The zero-order chi connectivity index (χ0) is 16.1. The summed E-state index contributed by atoms with van der Waals surface area (Å²) in [4.78, 5) is 24.2. The standard InChI is InChI=1S/C17H20N4OS/c1-23-14-8-4-3-7-13(14)17(22)20-15-11-16(19-12-18-15)21-9-5-2-6-10-21/h3-4,7-8,11-12H,2,5-6,9-10H2,1H3,(H,18,19,20,22). The SMILES string of the molecule is CSc1ccccc1C(=O)Nc1cc(N2CCCCC2)ncn1. The van der Waals surface area contributed by atoms with Gasteiger partial charge in [-0.25, -0.2) is 9.97 Å². The molecule has 1 aromatic heterocycles. The fourth-order valence-corrected chi connectivity index (χ4v) is 3.32. The number of carbonyl (C=O) groups is 1. The number of nitrogens with one attached hydrogen (secondary N) is 1. The van der Waals surface area contributed by atoms with Crippen molar-refractivity contribution in [3.8, 4) is 0 Å². The lowest BCUT2D eigenvalue weighted by molar-refractivity contribution is 0.102. The molecule has 2 aromatic rings. The molecule has 1 N–H and O–H groups in total. The van der Waals surface area contributed by atoms with Gasteiger partial charge in [-0.3, -0.25) is 4.79 Å². The summed E-state index contributed by atoms with van der Waals surface area (Å²) in [5.41, 5.74) is 0.665. The van der Waals surface area contributed by atoms with E-state index < -0.39 is 0 Å². The number of amides is 1. The second-order valence-corrected chi connectivity index (χ2v) is 6.31. The summed E-state index contributed by atoms with van der Waals surface area (Å²) in [6.45, 7) is 2.03. The number of piperidine rings is 1. The van der Waals surface area contributed by atoms with Crippen LogP contribution in [0.2, 0.25) is 0 Å². The third-order valence-electron chi connectivity index (χ3n) is 3.93. The highest BCUT2D eigenvalue weighted by Crippen LogP contribution is 2.22. The zero-order valence-corrected chi connectivity index (χ0v) is 14.0. The lowest BCUT2D eigenvalue weighted by Gasteiger charge is -2.27. The number of anilines is 2. The molecule has 3 rings (SSSR count). The van der Waals surface area contributed by atoms with E-state index in [0.29, 0.717) is 11.4 Å². The minimum Gasteiger partial charge on any atom is -0.356 e. The Morgan fingerprint density at radius 2 is 1.96 bits per heavy atom. The first-order valence-electron chi connectivity index (χ1n) is 7.79. The molecule has 0 unspecified atom stereocenters. The maximum Gasteiger partial charge on any atom is 0.257 e. The fourth-order valence-electron chi connectivity index (χ4n) is 2.73. The lowest BCUT2D eigenvalue weighted by atomic mass is 10.1. The van der Waals surface area contributed by atoms with Crippen LogP contribution in [-0.2, 0) is 0 Å². The molecule has 5 nitrogen and oxygen atoms in total. The number of hydrogen-bond donors (Lipinski definition) is 1. The first-order valence-corrected chi connectivity index (χ1v) is 9.02. The van der Waals surface area contributed by atoms with Crippen LogP contribution in [0.1, 0.15) is 29.6 Å². The minimum absolute atomic E-state index is 0.141. The van der Waals surface area contributed by atoms with Crippen molar-refractivity contribution in [3.05, 3.63) is 42.2 Å². The highest BCUT2D eigenvalue weighted by Gasteiger charge is 2.15. The molecule has 0 bridgehead atoms. The molecule has 0 saturated carbocycles.